The summed E-state index contributed by atoms with van der Waals surface area (Å²) in [7, 11) is 0. The number of rotatable bonds is 6. The molecule has 1 nitrogen and oxygen atoms in total. The summed E-state index contributed by atoms with van der Waals surface area (Å²) in [6, 6.07) is 4.27. The normalized spacial score (nSPS) is 11.9. The lowest BCUT2D eigenvalue weighted by atomic mass is 9.87. The highest BCUT2D eigenvalue weighted by Gasteiger charge is 2.14. The van der Waals surface area contributed by atoms with Crippen LogP contribution in [0.3, 0.4) is 0 Å². The Labute approximate surface area is 112 Å². The van der Waals surface area contributed by atoms with E-state index in [4.69, 9.17) is 11.2 Å². The van der Waals surface area contributed by atoms with Crippen molar-refractivity contribution in [3.63, 3.8) is 0 Å². The van der Waals surface area contributed by atoms with E-state index < -0.39 is 0 Å². The summed E-state index contributed by atoms with van der Waals surface area (Å²) in [6.07, 6.45) is 8.40. The molecule has 18 heavy (non-hydrogen) atoms. The lowest BCUT2D eigenvalue weighted by Crippen LogP contribution is -2.04. The average Bonchev–Trinajstić information content (AvgIpc) is 2.34. The molecule has 1 atom stereocenters. The zero-order chi connectivity index (χ0) is 13.5. The molecule has 0 spiro atoms. The molecular formula is C17H24O. The van der Waals surface area contributed by atoms with E-state index in [2.05, 4.69) is 45.7 Å². The summed E-state index contributed by atoms with van der Waals surface area (Å²) in [4.78, 5) is 0. The molecule has 1 rings (SSSR count). The number of hydrogen-bond donors (Lipinski definition) is 0. The van der Waals surface area contributed by atoms with Gasteiger partial charge in [0.2, 0.25) is 0 Å². The summed E-state index contributed by atoms with van der Waals surface area (Å²) in [5.74, 6) is 4.24. The Balaban J connectivity index is 3.03. The minimum atomic E-state index is 0.468. The van der Waals surface area contributed by atoms with Gasteiger partial charge in [0, 0.05) is 6.42 Å². The van der Waals surface area contributed by atoms with Crippen molar-refractivity contribution in [1.29, 1.82) is 0 Å². The van der Waals surface area contributed by atoms with Crippen LogP contribution in [0, 0.1) is 26.2 Å². The van der Waals surface area contributed by atoms with Crippen LogP contribution in [-0.2, 0) is 0 Å². The second-order valence-electron chi connectivity index (χ2n) is 4.83. The van der Waals surface area contributed by atoms with Crippen LogP contribution in [-0.4, -0.2) is 6.61 Å². The Bertz CT molecular complexity index is 403. The largest absolute Gasteiger partial charge is 0.494 e. The number of hydrogen-bond acceptors (Lipinski definition) is 1. The molecule has 1 heteroatoms. The summed E-state index contributed by atoms with van der Waals surface area (Å²) in [6.45, 7) is 9.40. The second kappa shape index (κ2) is 7.11. The second-order valence-corrected chi connectivity index (χ2v) is 4.83. The third-order valence-corrected chi connectivity index (χ3v) is 3.31. The predicted molar refractivity (Wildman–Crippen MR) is 78.2 cm³/mol. The maximum absolute atomic E-state index is 5.70. The van der Waals surface area contributed by atoms with Crippen molar-refractivity contribution in [1.82, 2.24) is 0 Å². The van der Waals surface area contributed by atoms with Gasteiger partial charge in [-0.25, -0.2) is 0 Å². The summed E-state index contributed by atoms with van der Waals surface area (Å²) < 4.78 is 5.70. The first kappa shape index (κ1) is 14.6. The lowest BCUT2D eigenvalue weighted by molar-refractivity contribution is 0.317. The van der Waals surface area contributed by atoms with Crippen molar-refractivity contribution in [2.75, 3.05) is 6.61 Å². The van der Waals surface area contributed by atoms with Crippen LogP contribution in [0.5, 0.6) is 5.75 Å². The fourth-order valence-corrected chi connectivity index (χ4v) is 2.47. The van der Waals surface area contributed by atoms with Gasteiger partial charge in [0.1, 0.15) is 5.75 Å². The molecular weight excluding hydrogens is 220 g/mol. The molecule has 0 aliphatic rings. The molecule has 1 aromatic carbocycles. The molecule has 0 aliphatic heterocycles. The van der Waals surface area contributed by atoms with Crippen molar-refractivity contribution in [3.05, 3.63) is 28.8 Å². The zero-order valence-corrected chi connectivity index (χ0v) is 12.0. The van der Waals surface area contributed by atoms with Crippen LogP contribution >= 0.6 is 0 Å². The summed E-state index contributed by atoms with van der Waals surface area (Å²) >= 11 is 0. The fraction of sp³-hybridized carbons (Fsp3) is 0.529. The number of benzene rings is 1. The first-order chi connectivity index (χ1) is 8.63. The van der Waals surface area contributed by atoms with E-state index in [1.54, 1.807) is 0 Å². The molecule has 0 aliphatic carbocycles. The van der Waals surface area contributed by atoms with Gasteiger partial charge in [-0.3, -0.25) is 0 Å². The van der Waals surface area contributed by atoms with Crippen molar-refractivity contribution in [3.8, 4) is 18.1 Å². The van der Waals surface area contributed by atoms with Crippen LogP contribution in [0.1, 0.15) is 55.7 Å². The van der Waals surface area contributed by atoms with Crippen LogP contribution in [0.15, 0.2) is 12.1 Å². The molecule has 0 N–H and O–H groups in total. The van der Waals surface area contributed by atoms with Gasteiger partial charge in [-0.15, -0.1) is 12.3 Å². The molecule has 0 heterocycles. The Morgan fingerprint density at radius 1 is 1.22 bits per heavy atom. The number of ether oxygens (including phenoxy) is 1. The van der Waals surface area contributed by atoms with Crippen LogP contribution in [0.2, 0.25) is 0 Å². The molecule has 98 valence electrons. The quantitative estimate of drug-likeness (QED) is 0.664. The highest BCUT2D eigenvalue weighted by Crippen LogP contribution is 2.32. The molecule has 1 unspecified atom stereocenters. The summed E-state index contributed by atoms with van der Waals surface area (Å²) in [5.41, 5.74) is 3.99. The third kappa shape index (κ3) is 3.53. The minimum absolute atomic E-state index is 0.468. The third-order valence-electron chi connectivity index (χ3n) is 3.31. The molecule has 1 aromatic rings. The van der Waals surface area contributed by atoms with Crippen molar-refractivity contribution >= 4 is 0 Å². The summed E-state index contributed by atoms with van der Waals surface area (Å²) in [5, 5.41) is 0. The highest BCUT2D eigenvalue weighted by atomic mass is 16.5. The monoisotopic (exact) mass is 244 g/mol. The maximum Gasteiger partial charge on any atom is 0.119 e. The van der Waals surface area contributed by atoms with E-state index in [0.29, 0.717) is 5.92 Å². The number of aryl methyl sites for hydroxylation is 2. The SMILES string of the molecule is C#CCC(CC)c1c(C)cc(OCCC)cc1C. The van der Waals surface area contributed by atoms with Gasteiger partial charge in [0.05, 0.1) is 6.61 Å². The van der Waals surface area contributed by atoms with E-state index >= 15 is 0 Å². The lowest BCUT2D eigenvalue weighted by Gasteiger charge is -2.19. The van der Waals surface area contributed by atoms with Gasteiger partial charge in [-0.1, -0.05) is 13.8 Å². The molecule has 0 radical (unpaired) electrons. The molecule has 0 fully saturated rings. The zero-order valence-electron chi connectivity index (χ0n) is 12.0. The van der Waals surface area contributed by atoms with E-state index in [-0.39, 0.29) is 0 Å². The van der Waals surface area contributed by atoms with E-state index in [0.717, 1.165) is 31.6 Å². The van der Waals surface area contributed by atoms with Crippen LogP contribution in [0.25, 0.3) is 0 Å². The smallest absolute Gasteiger partial charge is 0.119 e. The van der Waals surface area contributed by atoms with Gasteiger partial charge in [-0.2, -0.15) is 0 Å². The predicted octanol–water partition coefficient (Wildman–Crippen LogP) is 4.61. The fourth-order valence-electron chi connectivity index (χ4n) is 2.47. The van der Waals surface area contributed by atoms with Gasteiger partial charge in [0.25, 0.3) is 0 Å². The van der Waals surface area contributed by atoms with E-state index in [9.17, 15) is 0 Å². The number of terminal acetylenes is 1. The molecule has 0 amide bonds. The average molecular weight is 244 g/mol. The van der Waals surface area contributed by atoms with Crippen molar-refractivity contribution < 1.29 is 4.74 Å². The Kier molecular flexibility index (Phi) is 5.78. The standard InChI is InChI=1S/C17H24O/c1-6-9-15(8-3)17-13(4)11-16(12-14(17)5)18-10-7-2/h1,11-12,15H,7-10H2,2-5H3. The Morgan fingerprint density at radius 2 is 1.83 bits per heavy atom. The minimum Gasteiger partial charge on any atom is -0.494 e. The van der Waals surface area contributed by atoms with Gasteiger partial charge >= 0.3 is 0 Å². The van der Waals surface area contributed by atoms with Crippen LogP contribution < -0.4 is 4.74 Å². The first-order valence-electron chi connectivity index (χ1n) is 6.81. The Hall–Kier alpha value is -1.42. The van der Waals surface area contributed by atoms with Crippen molar-refractivity contribution in [2.24, 2.45) is 0 Å². The molecule has 0 bridgehead atoms. The molecule has 0 saturated carbocycles. The maximum atomic E-state index is 5.70. The van der Waals surface area contributed by atoms with E-state index in [1.165, 1.54) is 16.7 Å². The first-order valence-corrected chi connectivity index (χ1v) is 6.81. The van der Waals surface area contributed by atoms with Crippen LogP contribution in [0.4, 0.5) is 0 Å². The van der Waals surface area contributed by atoms with Gasteiger partial charge < -0.3 is 4.74 Å². The van der Waals surface area contributed by atoms with E-state index in [1.807, 2.05) is 0 Å². The molecule has 0 saturated heterocycles. The van der Waals surface area contributed by atoms with Gasteiger partial charge in [-0.05, 0) is 61.4 Å². The highest BCUT2D eigenvalue weighted by molar-refractivity contribution is 5.43. The molecule has 0 aromatic heterocycles. The Morgan fingerprint density at radius 3 is 2.28 bits per heavy atom. The van der Waals surface area contributed by atoms with Gasteiger partial charge in [0.15, 0.2) is 0 Å². The topological polar surface area (TPSA) is 9.23 Å². The van der Waals surface area contributed by atoms with Crippen molar-refractivity contribution in [2.45, 2.75) is 52.9 Å².